The summed E-state index contributed by atoms with van der Waals surface area (Å²) in [6, 6.07) is 15.1. The van der Waals surface area contributed by atoms with Crippen LogP contribution in [0.4, 0.5) is 4.39 Å². The van der Waals surface area contributed by atoms with Crippen molar-refractivity contribution in [1.82, 2.24) is 9.21 Å². The zero-order valence-electron chi connectivity index (χ0n) is 14.3. The summed E-state index contributed by atoms with van der Waals surface area (Å²) in [6.07, 6.45) is 1.27. The molecule has 0 aromatic heterocycles. The molecule has 2 aromatic rings. The van der Waals surface area contributed by atoms with Gasteiger partial charge in [0.15, 0.2) is 0 Å². The van der Waals surface area contributed by atoms with Gasteiger partial charge in [0.25, 0.3) is 0 Å². The van der Waals surface area contributed by atoms with E-state index in [-0.39, 0.29) is 17.9 Å². The first-order chi connectivity index (χ1) is 12.3. The lowest BCUT2D eigenvalue weighted by Crippen LogP contribution is -2.73. The number of nitrogens with zero attached hydrogens (tertiary/aromatic N) is 2. The molecule has 2 aromatic carbocycles. The van der Waals surface area contributed by atoms with Crippen molar-refractivity contribution in [2.75, 3.05) is 19.3 Å². The Morgan fingerprint density at radius 1 is 1.04 bits per heavy atom. The van der Waals surface area contributed by atoms with Crippen molar-refractivity contribution < 1.29 is 12.8 Å². The SMILES string of the molecule is CS(=O)(=O)N1C[C@@H]2C(c3ccc(Br)cc3)[C@H](C1)N2Cc1ccc(F)cc1. The Balaban J connectivity index is 1.59. The predicted octanol–water partition coefficient (Wildman–Crippen LogP) is 3.20. The van der Waals surface area contributed by atoms with E-state index in [0.717, 1.165) is 10.0 Å². The van der Waals surface area contributed by atoms with Crippen LogP contribution in [-0.4, -0.2) is 49.1 Å². The third kappa shape index (κ3) is 3.33. The molecule has 0 radical (unpaired) electrons. The van der Waals surface area contributed by atoms with Crippen LogP contribution in [0.5, 0.6) is 0 Å². The minimum atomic E-state index is -3.19. The molecule has 0 spiro atoms. The summed E-state index contributed by atoms with van der Waals surface area (Å²) in [6.45, 7) is 1.70. The van der Waals surface area contributed by atoms with Crippen LogP contribution in [0.25, 0.3) is 0 Å². The highest BCUT2D eigenvalue weighted by molar-refractivity contribution is 9.10. The second-order valence-corrected chi connectivity index (χ2v) is 9.99. The summed E-state index contributed by atoms with van der Waals surface area (Å²) < 4.78 is 39.8. The lowest BCUT2D eigenvalue weighted by Gasteiger charge is -2.61. The summed E-state index contributed by atoms with van der Waals surface area (Å²) in [5.41, 5.74) is 2.29. The van der Waals surface area contributed by atoms with E-state index in [1.807, 2.05) is 12.1 Å². The third-order valence-corrected chi connectivity index (χ3v) is 7.23. The van der Waals surface area contributed by atoms with Crippen LogP contribution in [0.15, 0.2) is 53.0 Å². The molecular formula is C19H20BrFN2O2S. The molecular weight excluding hydrogens is 419 g/mol. The number of hydrogen-bond acceptors (Lipinski definition) is 3. The molecule has 7 heteroatoms. The molecule has 138 valence electrons. The molecule has 3 fully saturated rings. The average Bonchev–Trinajstić information content (AvgIpc) is 2.61. The number of halogens is 2. The van der Waals surface area contributed by atoms with Gasteiger partial charge in [0.1, 0.15) is 5.82 Å². The Hall–Kier alpha value is -1.28. The van der Waals surface area contributed by atoms with E-state index < -0.39 is 10.0 Å². The number of piperidine rings is 1. The lowest BCUT2D eigenvalue weighted by atomic mass is 9.72. The van der Waals surface area contributed by atoms with Crippen molar-refractivity contribution in [3.8, 4) is 0 Å². The van der Waals surface area contributed by atoms with Gasteiger partial charge in [-0.25, -0.2) is 12.8 Å². The molecule has 0 amide bonds. The maximum Gasteiger partial charge on any atom is 0.211 e. The average molecular weight is 439 g/mol. The molecule has 4 nitrogen and oxygen atoms in total. The normalized spacial score (nSPS) is 26.5. The van der Waals surface area contributed by atoms with E-state index in [2.05, 4.69) is 33.0 Å². The highest BCUT2D eigenvalue weighted by Gasteiger charge is 2.54. The zero-order valence-corrected chi connectivity index (χ0v) is 16.7. The fourth-order valence-electron chi connectivity index (χ4n) is 4.18. The number of benzene rings is 2. The molecule has 2 bridgehead atoms. The standard InChI is InChI=1S/C19H20BrFN2O2S/c1-26(24,25)22-11-17-19(14-4-6-15(20)7-5-14)18(12-22)23(17)10-13-2-8-16(21)9-3-13/h2-9,17-19H,10-12H2,1H3/t17-,18+,19?. The number of piperazine rings is 1. The van der Waals surface area contributed by atoms with Crippen molar-refractivity contribution >= 4 is 26.0 Å². The molecule has 3 aliphatic rings. The third-order valence-electron chi connectivity index (χ3n) is 5.46. The van der Waals surface area contributed by atoms with E-state index >= 15 is 0 Å². The highest BCUT2D eigenvalue weighted by atomic mass is 79.9. The largest absolute Gasteiger partial charge is 0.289 e. The quantitative estimate of drug-likeness (QED) is 0.735. The van der Waals surface area contributed by atoms with Gasteiger partial charge in [0.05, 0.1) is 6.26 Å². The fourth-order valence-corrected chi connectivity index (χ4v) is 5.29. The topological polar surface area (TPSA) is 40.6 Å². The van der Waals surface area contributed by atoms with Crippen molar-refractivity contribution in [2.24, 2.45) is 0 Å². The number of fused-ring (bicyclic) bond motifs is 2. The van der Waals surface area contributed by atoms with Crippen LogP contribution in [0, 0.1) is 5.82 Å². The number of sulfonamides is 1. The van der Waals surface area contributed by atoms with Gasteiger partial charge in [-0.3, -0.25) is 4.90 Å². The first-order valence-corrected chi connectivity index (χ1v) is 11.2. The molecule has 3 atom stereocenters. The second-order valence-electron chi connectivity index (χ2n) is 7.09. The molecule has 0 saturated carbocycles. The van der Waals surface area contributed by atoms with E-state index in [1.54, 1.807) is 16.4 Å². The summed E-state index contributed by atoms with van der Waals surface area (Å²) in [5, 5.41) is 0. The van der Waals surface area contributed by atoms with Crippen LogP contribution in [0.2, 0.25) is 0 Å². The molecule has 1 unspecified atom stereocenters. The van der Waals surface area contributed by atoms with Gasteiger partial charge >= 0.3 is 0 Å². The minimum absolute atomic E-state index is 0.134. The smallest absolute Gasteiger partial charge is 0.211 e. The number of rotatable bonds is 4. The van der Waals surface area contributed by atoms with Crippen molar-refractivity contribution in [2.45, 2.75) is 24.5 Å². The van der Waals surface area contributed by atoms with Gasteiger partial charge in [-0.2, -0.15) is 4.31 Å². The van der Waals surface area contributed by atoms with Gasteiger partial charge < -0.3 is 0 Å². The second kappa shape index (κ2) is 6.71. The first-order valence-electron chi connectivity index (χ1n) is 8.54. The molecule has 0 aliphatic carbocycles. The van der Waals surface area contributed by atoms with Crippen LogP contribution in [-0.2, 0) is 16.6 Å². The lowest BCUT2D eigenvalue weighted by molar-refractivity contribution is -0.0749. The van der Waals surface area contributed by atoms with Crippen molar-refractivity contribution in [1.29, 1.82) is 0 Å². The molecule has 5 rings (SSSR count). The zero-order chi connectivity index (χ0) is 18.5. The van der Waals surface area contributed by atoms with Crippen molar-refractivity contribution in [3.05, 3.63) is 69.9 Å². The Morgan fingerprint density at radius 3 is 2.15 bits per heavy atom. The Bertz CT molecular complexity index is 888. The summed E-state index contributed by atoms with van der Waals surface area (Å²) in [7, 11) is -3.19. The van der Waals surface area contributed by atoms with E-state index in [4.69, 9.17) is 0 Å². The Kier molecular flexibility index (Phi) is 4.67. The predicted molar refractivity (Wildman–Crippen MR) is 103 cm³/mol. The monoisotopic (exact) mass is 438 g/mol. The first kappa shape index (κ1) is 18.1. The van der Waals surface area contributed by atoms with E-state index in [1.165, 1.54) is 24.0 Å². The molecule has 3 aliphatic heterocycles. The summed E-state index contributed by atoms with van der Waals surface area (Å²) in [5.74, 6) is 0.0788. The minimum Gasteiger partial charge on any atom is -0.289 e. The highest BCUT2D eigenvalue weighted by Crippen LogP contribution is 2.46. The van der Waals surface area contributed by atoms with Gasteiger partial charge in [0, 0.05) is 42.1 Å². The molecule has 26 heavy (non-hydrogen) atoms. The van der Waals surface area contributed by atoms with Crippen LogP contribution in [0.3, 0.4) is 0 Å². The van der Waals surface area contributed by atoms with Crippen LogP contribution < -0.4 is 0 Å². The molecule has 3 saturated heterocycles. The van der Waals surface area contributed by atoms with Crippen molar-refractivity contribution in [3.63, 3.8) is 0 Å². The van der Waals surface area contributed by atoms with Gasteiger partial charge in [-0.05, 0) is 35.4 Å². The van der Waals surface area contributed by atoms with E-state index in [9.17, 15) is 12.8 Å². The fraction of sp³-hybridized carbons (Fsp3) is 0.368. The van der Waals surface area contributed by atoms with E-state index in [0.29, 0.717) is 25.6 Å². The maximum absolute atomic E-state index is 13.2. The summed E-state index contributed by atoms with van der Waals surface area (Å²) >= 11 is 3.46. The summed E-state index contributed by atoms with van der Waals surface area (Å²) in [4.78, 5) is 2.35. The van der Waals surface area contributed by atoms with Crippen LogP contribution in [0.1, 0.15) is 17.0 Å². The number of hydrogen-bond donors (Lipinski definition) is 0. The Labute approximate surface area is 161 Å². The Morgan fingerprint density at radius 2 is 1.62 bits per heavy atom. The maximum atomic E-state index is 13.2. The molecule has 0 N–H and O–H groups in total. The van der Waals surface area contributed by atoms with Gasteiger partial charge in [-0.15, -0.1) is 0 Å². The van der Waals surface area contributed by atoms with Crippen LogP contribution >= 0.6 is 15.9 Å². The molecule has 3 heterocycles. The van der Waals surface area contributed by atoms with Gasteiger partial charge in [0.2, 0.25) is 10.0 Å². The van der Waals surface area contributed by atoms with Gasteiger partial charge in [-0.1, -0.05) is 40.2 Å².